The first kappa shape index (κ1) is 22.1. The van der Waals surface area contributed by atoms with E-state index in [4.69, 9.17) is 0 Å². The molecule has 1 atom stereocenters. The van der Waals surface area contributed by atoms with Gasteiger partial charge in [-0.2, -0.15) is 13.2 Å². The number of allylic oxidation sites excluding steroid dienone is 3. The molecule has 0 saturated heterocycles. The first-order chi connectivity index (χ1) is 14.7. The van der Waals surface area contributed by atoms with E-state index >= 15 is 0 Å². The fourth-order valence-electron chi connectivity index (χ4n) is 3.14. The van der Waals surface area contributed by atoms with E-state index in [1.165, 1.54) is 6.08 Å². The van der Waals surface area contributed by atoms with E-state index in [2.05, 4.69) is 21.9 Å². The molecule has 3 aromatic rings. The minimum Gasteiger partial charge on any atom is -0.505 e. The number of hydrogen-bond acceptors (Lipinski definition) is 4. The molecular formula is C24H22F3N3O. The SMILES string of the molecule is C=C(C=CC(=CC)C(Nc1cccc(C)n1)c1ccc2cccnc2c1O)C(F)(F)F. The van der Waals surface area contributed by atoms with Crippen LogP contribution < -0.4 is 5.32 Å². The van der Waals surface area contributed by atoms with Crippen molar-refractivity contribution in [2.24, 2.45) is 0 Å². The summed E-state index contributed by atoms with van der Waals surface area (Å²) < 4.78 is 38.7. The average molecular weight is 425 g/mol. The Labute approximate surface area is 178 Å². The molecule has 1 aromatic carbocycles. The predicted molar refractivity (Wildman–Crippen MR) is 117 cm³/mol. The van der Waals surface area contributed by atoms with Crippen LogP contribution in [-0.4, -0.2) is 21.3 Å². The molecule has 0 aliphatic rings. The lowest BCUT2D eigenvalue weighted by atomic mass is 9.95. The number of anilines is 1. The Bertz CT molecular complexity index is 1170. The van der Waals surface area contributed by atoms with Crippen LogP contribution >= 0.6 is 0 Å². The highest BCUT2D eigenvalue weighted by atomic mass is 19.4. The number of hydrogen-bond donors (Lipinski definition) is 2. The lowest BCUT2D eigenvalue weighted by molar-refractivity contribution is -0.0878. The molecule has 0 saturated carbocycles. The summed E-state index contributed by atoms with van der Waals surface area (Å²) in [6, 6.07) is 11.8. The van der Waals surface area contributed by atoms with Crippen molar-refractivity contribution >= 4 is 16.7 Å². The molecule has 0 amide bonds. The topological polar surface area (TPSA) is 58.0 Å². The summed E-state index contributed by atoms with van der Waals surface area (Å²) in [5.74, 6) is 0.471. The molecule has 0 spiro atoms. The van der Waals surface area contributed by atoms with Crippen molar-refractivity contribution < 1.29 is 18.3 Å². The number of halogens is 3. The van der Waals surface area contributed by atoms with E-state index in [1.54, 1.807) is 43.5 Å². The number of aryl methyl sites for hydroxylation is 1. The Hall–Kier alpha value is -3.61. The summed E-state index contributed by atoms with van der Waals surface area (Å²) in [5.41, 5.74) is 1.17. The minimum absolute atomic E-state index is 0.0503. The molecule has 7 heteroatoms. The second-order valence-electron chi connectivity index (χ2n) is 6.97. The first-order valence-corrected chi connectivity index (χ1v) is 9.58. The first-order valence-electron chi connectivity index (χ1n) is 9.58. The van der Waals surface area contributed by atoms with Gasteiger partial charge in [-0.25, -0.2) is 4.98 Å². The Kier molecular flexibility index (Phi) is 6.44. The molecule has 3 rings (SSSR count). The highest BCUT2D eigenvalue weighted by Crippen LogP contribution is 2.37. The van der Waals surface area contributed by atoms with Gasteiger partial charge in [0, 0.05) is 28.4 Å². The van der Waals surface area contributed by atoms with Crippen LogP contribution in [0.2, 0.25) is 0 Å². The highest BCUT2D eigenvalue weighted by Gasteiger charge is 2.30. The van der Waals surface area contributed by atoms with Crippen LogP contribution in [-0.2, 0) is 0 Å². The lowest BCUT2D eigenvalue weighted by Gasteiger charge is -2.23. The largest absolute Gasteiger partial charge is 0.505 e. The molecule has 31 heavy (non-hydrogen) atoms. The Morgan fingerprint density at radius 1 is 1.13 bits per heavy atom. The number of phenolic OH excluding ortho intramolecular Hbond substituents is 1. The fourth-order valence-corrected chi connectivity index (χ4v) is 3.14. The van der Waals surface area contributed by atoms with Crippen molar-refractivity contribution in [2.75, 3.05) is 5.32 Å². The summed E-state index contributed by atoms with van der Waals surface area (Å²) in [6.07, 6.45) is 0.983. The molecule has 2 heterocycles. The Morgan fingerprint density at radius 3 is 2.58 bits per heavy atom. The molecule has 0 fully saturated rings. The van der Waals surface area contributed by atoms with Gasteiger partial charge in [0.25, 0.3) is 0 Å². The van der Waals surface area contributed by atoms with Gasteiger partial charge in [0.1, 0.15) is 17.1 Å². The molecule has 160 valence electrons. The van der Waals surface area contributed by atoms with Crippen LogP contribution in [0, 0.1) is 6.92 Å². The van der Waals surface area contributed by atoms with Crippen LogP contribution in [0.15, 0.2) is 84.6 Å². The maximum absolute atomic E-state index is 12.9. The standard InChI is InChI=1S/C24H22F3N3O/c1-4-17(11-10-15(2)24(25,26)27)21(30-20-9-5-7-16(3)29-20)19-13-12-18-8-6-14-28-22(18)23(19)31/h4-14,21,31H,2H2,1,3H3,(H,29,30). The molecule has 2 aromatic heterocycles. The van der Waals surface area contributed by atoms with Gasteiger partial charge in [0.15, 0.2) is 0 Å². The fraction of sp³-hybridized carbons (Fsp3) is 0.167. The monoisotopic (exact) mass is 425 g/mol. The van der Waals surface area contributed by atoms with Gasteiger partial charge in [0.2, 0.25) is 0 Å². The van der Waals surface area contributed by atoms with Gasteiger partial charge in [-0.15, -0.1) is 0 Å². The second kappa shape index (κ2) is 9.04. The van der Waals surface area contributed by atoms with Gasteiger partial charge in [-0.1, -0.05) is 49.1 Å². The van der Waals surface area contributed by atoms with Gasteiger partial charge in [-0.3, -0.25) is 4.98 Å². The number of nitrogens with zero attached hydrogens (tertiary/aromatic N) is 2. The second-order valence-corrected chi connectivity index (χ2v) is 6.97. The zero-order valence-corrected chi connectivity index (χ0v) is 17.1. The van der Waals surface area contributed by atoms with E-state index < -0.39 is 17.8 Å². The number of fused-ring (bicyclic) bond motifs is 1. The normalized spacial score (nSPS) is 13.5. The average Bonchev–Trinajstić information content (AvgIpc) is 2.73. The molecule has 1 unspecified atom stereocenters. The third kappa shape index (κ3) is 5.12. The van der Waals surface area contributed by atoms with E-state index in [1.807, 2.05) is 25.1 Å². The maximum atomic E-state index is 12.9. The zero-order chi connectivity index (χ0) is 22.6. The van der Waals surface area contributed by atoms with Crippen molar-refractivity contribution in [1.29, 1.82) is 0 Å². The Balaban J connectivity index is 2.09. The zero-order valence-electron chi connectivity index (χ0n) is 17.1. The van der Waals surface area contributed by atoms with Crippen LogP contribution in [0.3, 0.4) is 0 Å². The van der Waals surface area contributed by atoms with E-state index in [-0.39, 0.29) is 5.75 Å². The smallest absolute Gasteiger partial charge is 0.415 e. The van der Waals surface area contributed by atoms with Crippen LogP contribution in [0.5, 0.6) is 5.75 Å². The molecule has 0 aliphatic heterocycles. The number of nitrogens with one attached hydrogen (secondary N) is 1. The van der Waals surface area contributed by atoms with Crippen molar-refractivity contribution in [3.63, 3.8) is 0 Å². The molecule has 0 bridgehead atoms. The van der Waals surface area contributed by atoms with Crippen LogP contribution in [0.25, 0.3) is 10.9 Å². The van der Waals surface area contributed by atoms with Crippen LogP contribution in [0.4, 0.5) is 19.0 Å². The minimum atomic E-state index is -4.52. The highest BCUT2D eigenvalue weighted by molar-refractivity contribution is 5.86. The predicted octanol–water partition coefficient (Wildman–Crippen LogP) is 6.42. The summed E-state index contributed by atoms with van der Waals surface area (Å²) in [6.45, 7) is 6.63. The molecule has 4 nitrogen and oxygen atoms in total. The number of pyridine rings is 2. The summed E-state index contributed by atoms with van der Waals surface area (Å²) >= 11 is 0. The third-order valence-corrected chi connectivity index (χ3v) is 4.78. The number of rotatable bonds is 6. The molecule has 2 N–H and O–H groups in total. The Morgan fingerprint density at radius 2 is 1.90 bits per heavy atom. The lowest BCUT2D eigenvalue weighted by Crippen LogP contribution is -2.15. The number of benzene rings is 1. The number of aromatic hydroxyl groups is 1. The van der Waals surface area contributed by atoms with E-state index in [9.17, 15) is 18.3 Å². The van der Waals surface area contributed by atoms with Crippen molar-refractivity contribution in [3.05, 3.63) is 95.9 Å². The number of aromatic nitrogens is 2. The summed E-state index contributed by atoms with van der Waals surface area (Å²) in [7, 11) is 0. The van der Waals surface area contributed by atoms with Gasteiger partial charge in [0.05, 0.1) is 6.04 Å². The number of alkyl halides is 3. The summed E-state index contributed by atoms with van der Waals surface area (Å²) in [5, 5.41) is 14.9. The van der Waals surface area contributed by atoms with E-state index in [0.29, 0.717) is 22.5 Å². The van der Waals surface area contributed by atoms with Gasteiger partial charge >= 0.3 is 6.18 Å². The van der Waals surface area contributed by atoms with Crippen molar-refractivity contribution in [2.45, 2.75) is 26.1 Å². The molecule has 0 aliphatic carbocycles. The summed E-state index contributed by atoms with van der Waals surface area (Å²) in [4.78, 5) is 8.67. The molecular weight excluding hydrogens is 403 g/mol. The quantitative estimate of drug-likeness (QED) is 0.448. The number of phenols is 1. The van der Waals surface area contributed by atoms with Crippen LogP contribution in [0.1, 0.15) is 24.2 Å². The van der Waals surface area contributed by atoms with Crippen molar-refractivity contribution in [3.8, 4) is 5.75 Å². The van der Waals surface area contributed by atoms with Gasteiger partial charge in [-0.05, 0) is 37.6 Å². The van der Waals surface area contributed by atoms with Crippen molar-refractivity contribution in [1.82, 2.24) is 9.97 Å². The third-order valence-electron chi connectivity index (χ3n) is 4.78. The van der Waals surface area contributed by atoms with E-state index in [0.717, 1.165) is 17.2 Å². The van der Waals surface area contributed by atoms with Gasteiger partial charge < -0.3 is 10.4 Å². The molecule has 0 radical (unpaired) electrons. The maximum Gasteiger partial charge on any atom is 0.415 e.